The largest absolute Gasteiger partial charge is 0.467 e. The summed E-state index contributed by atoms with van der Waals surface area (Å²) >= 11 is 3.24. The zero-order valence-electron chi connectivity index (χ0n) is 17.1. The minimum absolute atomic E-state index is 0.0638. The zero-order chi connectivity index (χ0) is 21.4. The molecule has 0 saturated heterocycles. The number of pyridine rings is 1. The molecule has 5 heterocycles. The summed E-state index contributed by atoms with van der Waals surface area (Å²) < 4.78 is 7.29. The Labute approximate surface area is 187 Å². The molecule has 0 radical (unpaired) electrons. The van der Waals surface area contributed by atoms with E-state index in [1.54, 1.807) is 33.6 Å². The number of nitrogens with zero attached hydrogens (tertiary/aromatic N) is 4. The highest BCUT2D eigenvalue weighted by Crippen LogP contribution is 2.30. The van der Waals surface area contributed by atoms with Crippen molar-refractivity contribution in [2.24, 2.45) is 7.05 Å². The van der Waals surface area contributed by atoms with Gasteiger partial charge in [0.2, 0.25) is 0 Å². The molecular formula is C23H20N4O2S2. The summed E-state index contributed by atoms with van der Waals surface area (Å²) in [6, 6.07) is 13.7. The van der Waals surface area contributed by atoms with Gasteiger partial charge < -0.3 is 9.32 Å². The quantitative estimate of drug-likeness (QED) is 0.344. The fourth-order valence-corrected chi connectivity index (χ4v) is 5.12. The van der Waals surface area contributed by atoms with Crippen molar-refractivity contribution in [3.8, 4) is 10.6 Å². The van der Waals surface area contributed by atoms with Crippen LogP contribution in [0.5, 0.6) is 0 Å². The number of carbonyl (C=O) groups is 1. The number of fused-ring (bicyclic) bond motifs is 1. The fraction of sp³-hybridized carbons (Fsp3) is 0.174. The Morgan fingerprint density at radius 3 is 2.68 bits per heavy atom. The van der Waals surface area contributed by atoms with Gasteiger partial charge in [-0.15, -0.1) is 22.7 Å². The molecule has 31 heavy (non-hydrogen) atoms. The van der Waals surface area contributed by atoms with E-state index in [1.165, 1.54) is 0 Å². The second-order valence-corrected chi connectivity index (χ2v) is 9.24. The molecule has 1 amide bonds. The SMILES string of the molecule is Cc1nn(C)c2nc(-c3cccs3)cc(C(=O)N(Cc3ccco3)Cc3cccs3)c12. The number of rotatable bonds is 6. The maximum Gasteiger partial charge on any atom is 0.255 e. The number of thiophene rings is 2. The van der Waals surface area contributed by atoms with Crippen LogP contribution >= 0.6 is 22.7 Å². The van der Waals surface area contributed by atoms with Crippen LogP contribution in [0.1, 0.15) is 26.7 Å². The van der Waals surface area contributed by atoms with E-state index in [9.17, 15) is 4.79 Å². The third kappa shape index (κ3) is 3.80. The molecule has 0 saturated carbocycles. The van der Waals surface area contributed by atoms with Crippen LogP contribution in [-0.4, -0.2) is 25.6 Å². The molecule has 0 aliphatic rings. The lowest BCUT2D eigenvalue weighted by molar-refractivity contribution is 0.0721. The van der Waals surface area contributed by atoms with E-state index in [0.29, 0.717) is 24.3 Å². The van der Waals surface area contributed by atoms with Crippen molar-refractivity contribution in [1.82, 2.24) is 19.7 Å². The molecular weight excluding hydrogens is 428 g/mol. The summed E-state index contributed by atoms with van der Waals surface area (Å²) in [6.07, 6.45) is 1.63. The van der Waals surface area contributed by atoms with Gasteiger partial charge in [0.25, 0.3) is 5.91 Å². The average Bonchev–Trinajstić information content (AvgIpc) is 3.56. The van der Waals surface area contributed by atoms with Gasteiger partial charge in [0.1, 0.15) is 5.76 Å². The normalized spacial score (nSPS) is 11.3. The first kappa shape index (κ1) is 19.7. The van der Waals surface area contributed by atoms with Gasteiger partial charge in [-0.2, -0.15) is 5.10 Å². The first-order valence-electron chi connectivity index (χ1n) is 9.82. The minimum atomic E-state index is -0.0638. The highest BCUT2D eigenvalue weighted by atomic mass is 32.1. The molecule has 0 atom stereocenters. The second kappa shape index (κ2) is 8.13. The van der Waals surface area contributed by atoms with Crippen molar-refractivity contribution in [3.63, 3.8) is 0 Å². The number of furan rings is 1. The highest BCUT2D eigenvalue weighted by molar-refractivity contribution is 7.13. The van der Waals surface area contributed by atoms with Crippen LogP contribution in [0.4, 0.5) is 0 Å². The Morgan fingerprint density at radius 2 is 1.97 bits per heavy atom. The Morgan fingerprint density at radius 1 is 1.13 bits per heavy atom. The smallest absolute Gasteiger partial charge is 0.255 e. The molecule has 6 nitrogen and oxygen atoms in total. The molecule has 0 unspecified atom stereocenters. The van der Waals surface area contributed by atoms with Crippen LogP contribution in [0, 0.1) is 6.92 Å². The van der Waals surface area contributed by atoms with Crippen LogP contribution in [-0.2, 0) is 20.1 Å². The van der Waals surface area contributed by atoms with Gasteiger partial charge in [0.05, 0.1) is 46.6 Å². The van der Waals surface area contributed by atoms with E-state index in [2.05, 4.69) is 5.10 Å². The molecule has 0 bridgehead atoms. The Bertz CT molecular complexity index is 1280. The van der Waals surface area contributed by atoms with Gasteiger partial charge in [0.15, 0.2) is 5.65 Å². The third-order valence-electron chi connectivity index (χ3n) is 5.11. The molecule has 156 valence electrons. The zero-order valence-corrected chi connectivity index (χ0v) is 18.7. The molecule has 0 spiro atoms. The Balaban J connectivity index is 1.63. The summed E-state index contributed by atoms with van der Waals surface area (Å²) in [5.41, 5.74) is 2.89. The standard InChI is InChI=1S/C23H20N4O2S2/c1-15-21-18(12-19(20-8-5-11-31-20)24-22(21)26(2)25-15)23(28)27(13-16-6-3-9-29-16)14-17-7-4-10-30-17/h3-12H,13-14H2,1-2H3. The predicted octanol–water partition coefficient (Wildman–Crippen LogP) is 5.50. The minimum Gasteiger partial charge on any atom is -0.467 e. The number of carbonyl (C=O) groups excluding carboxylic acids is 1. The van der Waals surface area contributed by atoms with Gasteiger partial charge in [-0.1, -0.05) is 12.1 Å². The summed E-state index contributed by atoms with van der Waals surface area (Å²) in [5, 5.41) is 9.37. The first-order valence-corrected chi connectivity index (χ1v) is 11.6. The molecule has 0 N–H and O–H groups in total. The molecule has 0 aliphatic heterocycles. The van der Waals surface area contributed by atoms with E-state index < -0.39 is 0 Å². The summed E-state index contributed by atoms with van der Waals surface area (Å²) in [7, 11) is 1.86. The van der Waals surface area contributed by atoms with Crippen molar-refractivity contribution in [1.29, 1.82) is 0 Å². The average molecular weight is 449 g/mol. The number of amides is 1. The first-order chi connectivity index (χ1) is 15.1. The number of hydrogen-bond donors (Lipinski definition) is 0. The van der Waals surface area contributed by atoms with E-state index in [-0.39, 0.29) is 5.91 Å². The van der Waals surface area contributed by atoms with Crippen LogP contribution in [0.15, 0.2) is 63.9 Å². The molecule has 5 aromatic heterocycles. The monoisotopic (exact) mass is 448 g/mol. The third-order valence-corrected chi connectivity index (χ3v) is 6.87. The molecule has 5 rings (SSSR count). The van der Waals surface area contributed by atoms with Gasteiger partial charge in [0, 0.05) is 11.9 Å². The summed E-state index contributed by atoms with van der Waals surface area (Å²) in [5.74, 6) is 0.683. The van der Waals surface area contributed by atoms with Crippen LogP contribution < -0.4 is 0 Å². The molecule has 8 heteroatoms. The van der Waals surface area contributed by atoms with Crippen molar-refractivity contribution >= 4 is 39.6 Å². The lowest BCUT2D eigenvalue weighted by Crippen LogP contribution is -2.30. The van der Waals surface area contributed by atoms with Gasteiger partial charge in [-0.25, -0.2) is 4.98 Å². The number of aryl methyl sites for hydroxylation is 2. The number of aromatic nitrogens is 3. The van der Waals surface area contributed by atoms with Crippen molar-refractivity contribution < 1.29 is 9.21 Å². The summed E-state index contributed by atoms with van der Waals surface area (Å²) in [4.78, 5) is 22.7. The fourth-order valence-electron chi connectivity index (χ4n) is 3.72. The highest BCUT2D eigenvalue weighted by Gasteiger charge is 2.25. The van der Waals surface area contributed by atoms with Crippen LogP contribution in [0.3, 0.4) is 0 Å². The van der Waals surface area contributed by atoms with Crippen molar-refractivity contribution in [3.05, 3.63) is 81.4 Å². The van der Waals surface area contributed by atoms with Crippen LogP contribution in [0.25, 0.3) is 21.6 Å². The summed E-state index contributed by atoms with van der Waals surface area (Å²) in [6.45, 7) is 2.82. The topological polar surface area (TPSA) is 64.2 Å². The predicted molar refractivity (Wildman–Crippen MR) is 123 cm³/mol. The molecule has 5 aromatic rings. The molecule has 0 aromatic carbocycles. The maximum absolute atomic E-state index is 13.9. The van der Waals surface area contributed by atoms with Gasteiger partial charge in [-0.05, 0) is 48.0 Å². The molecule has 0 fully saturated rings. The molecule has 0 aliphatic carbocycles. The Kier molecular flexibility index (Phi) is 5.17. The Hall–Kier alpha value is -3.23. The van der Waals surface area contributed by atoms with Gasteiger partial charge in [-0.3, -0.25) is 9.48 Å². The second-order valence-electron chi connectivity index (χ2n) is 7.26. The van der Waals surface area contributed by atoms with E-state index in [1.807, 2.05) is 72.1 Å². The lowest BCUT2D eigenvalue weighted by atomic mass is 10.1. The van der Waals surface area contributed by atoms with Crippen molar-refractivity contribution in [2.75, 3.05) is 0 Å². The van der Waals surface area contributed by atoms with Crippen molar-refractivity contribution in [2.45, 2.75) is 20.0 Å². The van der Waals surface area contributed by atoms with E-state index in [4.69, 9.17) is 9.40 Å². The van der Waals surface area contributed by atoms with E-state index >= 15 is 0 Å². The lowest BCUT2D eigenvalue weighted by Gasteiger charge is -2.22. The van der Waals surface area contributed by atoms with E-state index in [0.717, 1.165) is 32.3 Å². The maximum atomic E-state index is 13.9. The van der Waals surface area contributed by atoms with Gasteiger partial charge >= 0.3 is 0 Å². The number of hydrogen-bond acceptors (Lipinski definition) is 6. The van der Waals surface area contributed by atoms with Crippen LogP contribution in [0.2, 0.25) is 0 Å².